The van der Waals surface area contributed by atoms with E-state index < -0.39 is 10.8 Å². The first-order valence-electron chi connectivity index (χ1n) is 8.10. The third kappa shape index (κ3) is 4.19. The molecule has 2 atom stereocenters. The van der Waals surface area contributed by atoms with Gasteiger partial charge in [0.15, 0.2) is 0 Å². The molecule has 1 aromatic rings. The number of amides is 1. The zero-order valence-corrected chi connectivity index (χ0v) is 13.9. The maximum atomic E-state index is 12.3. The number of benzene rings is 1. The summed E-state index contributed by atoms with van der Waals surface area (Å²) in [6, 6.07) is 6.63. The van der Waals surface area contributed by atoms with Crippen LogP contribution in [0, 0.1) is 34.3 Å². The van der Waals surface area contributed by atoms with Crippen LogP contribution in [0.2, 0.25) is 0 Å². The van der Waals surface area contributed by atoms with Crippen molar-refractivity contribution in [2.24, 2.45) is 5.92 Å². The lowest BCUT2D eigenvalue weighted by Crippen LogP contribution is -2.41. The molecule has 0 spiro atoms. The highest BCUT2D eigenvalue weighted by Gasteiger charge is 2.24. The average molecular weight is 327 g/mol. The molecule has 6 heteroatoms. The van der Waals surface area contributed by atoms with E-state index in [9.17, 15) is 20.2 Å². The largest absolute Gasteiger partial charge is 0.348 e. The van der Waals surface area contributed by atoms with Gasteiger partial charge in [-0.3, -0.25) is 14.9 Å². The Kier molecular flexibility index (Phi) is 5.69. The van der Waals surface area contributed by atoms with Crippen LogP contribution in [-0.4, -0.2) is 16.9 Å². The summed E-state index contributed by atoms with van der Waals surface area (Å²) >= 11 is 0. The molecule has 1 aromatic carbocycles. The summed E-state index contributed by atoms with van der Waals surface area (Å²) in [6.45, 7) is 3.75. The van der Waals surface area contributed by atoms with Crippen molar-refractivity contribution in [3.8, 4) is 6.07 Å². The number of nitrogens with one attached hydrogen (secondary N) is 1. The molecule has 0 aliphatic heterocycles. The molecule has 1 amide bonds. The standard InChI is InChI=1S/C18H21N3O3/c1-12-5-3-4-6-16(12)20-18(22)15(11-19)9-14-8-7-13(2)17(10-14)21(23)24/h7-10,12,16H,3-6H2,1-2H3,(H,20,22)/b15-9+. The van der Waals surface area contributed by atoms with E-state index >= 15 is 0 Å². The molecule has 0 heterocycles. The van der Waals surface area contributed by atoms with E-state index in [-0.39, 0.29) is 17.3 Å². The Morgan fingerprint density at radius 1 is 1.42 bits per heavy atom. The zero-order chi connectivity index (χ0) is 17.7. The molecule has 1 aliphatic rings. The van der Waals surface area contributed by atoms with Crippen molar-refractivity contribution >= 4 is 17.7 Å². The second-order valence-corrected chi connectivity index (χ2v) is 6.31. The molecule has 6 nitrogen and oxygen atoms in total. The number of aryl methyl sites for hydroxylation is 1. The van der Waals surface area contributed by atoms with Crippen LogP contribution in [0.5, 0.6) is 0 Å². The van der Waals surface area contributed by atoms with E-state index in [2.05, 4.69) is 12.2 Å². The molecule has 2 unspecified atom stereocenters. The maximum Gasteiger partial charge on any atom is 0.272 e. The first kappa shape index (κ1) is 17.7. The number of carbonyl (C=O) groups excluding carboxylic acids is 1. The van der Waals surface area contributed by atoms with E-state index in [1.54, 1.807) is 19.1 Å². The van der Waals surface area contributed by atoms with Crippen LogP contribution in [0.1, 0.15) is 43.7 Å². The van der Waals surface area contributed by atoms with E-state index in [4.69, 9.17) is 0 Å². The van der Waals surface area contributed by atoms with Crippen molar-refractivity contribution in [1.82, 2.24) is 5.32 Å². The highest BCUT2D eigenvalue weighted by molar-refractivity contribution is 6.01. The highest BCUT2D eigenvalue weighted by atomic mass is 16.6. The van der Waals surface area contributed by atoms with Crippen molar-refractivity contribution in [3.05, 3.63) is 45.0 Å². The van der Waals surface area contributed by atoms with Gasteiger partial charge in [0, 0.05) is 17.7 Å². The van der Waals surface area contributed by atoms with Crippen LogP contribution in [0.25, 0.3) is 6.08 Å². The van der Waals surface area contributed by atoms with Gasteiger partial charge < -0.3 is 5.32 Å². The minimum Gasteiger partial charge on any atom is -0.348 e. The second kappa shape index (κ2) is 7.73. The van der Waals surface area contributed by atoms with Crippen LogP contribution in [0.4, 0.5) is 5.69 Å². The van der Waals surface area contributed by atoms with Crippen molar-refractivity contribution in [2.45, 2.75) is 45.6 Å². The average Bonchev–Trinajstić information content (AvgIpc) is 2.55. The number of rotatable bonds is 4. The van der Waals surface area contributed by atoms with Crippen molar-refractivity contribution < 1.29 is 9.72 Å². The summed E-state index contributed by atoms with van der Waals surface area (Å²) < 4.78 is 0. The first-order valence-corrected chi connectivity index (χ1v) is 8.10. The Bertz CT molecular complexity index is 719. The molecule has 0 radical (unpaired) electrons. The number of hydrogen-bond donors (Lipinski definition) is 1. The number of hydrogen-bond acceptors (Lipinski definition) is 4. The molecule has 0 bridgehead atoms. The topological polar surface area (TPSA) is 96.0 Å². The highest BCUT2D eigenvalue weighted by Crippen LogP contribution is 2.24. The lowest BCUT2D eigenvalue weighted by Gasteiger charge is -2.29. The molecule has 1 fully saturated rings. The van der Waals surface area contributed by atoms with Gasteiger partial charge in [-0.15, -0.1) is 0 Å². The van der Waals surface area contributed by atoms with Gasteiger partial charge in [0.1, 0.15) is 11.6 Å². The number of nitrogens with zero attached hydrogens (tertiary/aromatic N) is 2. The van der Waals surface area contributed by atoms with Gasteiger partial charge in [-0.2, -0.15) is 5.26 Å². The second-order valence-electron chi connectivity index (χ2n) is 6.31. The molecule has 1 N–H and O–H groups in total. The van der Waals surface area contributed by atoms with Gasteiger partial charge in [0.05, 0.1) is 4.92 Å². The quantitative estimate of drug-likeness (QED) is 0.396. The number of carbonyl (C=O) groups is 1. The van der Waals surface area contributed by atoms with Gasteiger partial charge in [-0.1, -0.05) is 31.9 Å². The van der Waals surface area contributed by atoms with Crippen molar-refractivity contribution in [3.63, 3.8) is 0 Å². The molecular formula is C18H21N3O3. The molecule has 126 valence electrons. The SMILES string of the molecule is Cc1ccc(/C=C(\C#N)C(=O)NC2CCCCC2C)cc1[N+](=O)[O-]. The Morgan fingerprint density at radius 3 is 2.75 bits per heavy atom. The van der Waals surface area contributed by atoms with Crippen molar-refractivity contribution in [2.75, 3.05) is 0 Å². The minimum absolute atomic E-state index is 0.0256. The third-order valence-electron chi connectivity index (χ3n) is 4.53. The lowest BCUT2D eigenvalue weighted by atomic mass is 9.86. The van der Waals surface area contributed by atoms with E-state index in [0.717, 1.165) is 19.3 Å². The molecule has 2 rings (SSSR count). The normalized spacial score (nSPS) is 21.0. The summed E-state index contributed by atoms with van der Waals surface area (Å²) in [7, 11) is 0. The van der Waals surface area contributed by atoms with Crippen LogP contribution < -0.4 is 5.32 Å². The molecule has 1 aliphatic carbocycles. The molecule has 0 saturated heterocycles. The van der Waals surface area contributed by atoms with Gasteiger partial charge in [0.2, 0.25) is 0 Å². The minimum atomic E-state index is -0.470. The van der Waals surface area contributed by atoms with Crippen LogP contribution in [0.3, 0.4) is 0 Å². The Morgan fingerprint density at radius 2 is 2.12 bits per heavy atom. The van der Waals surface area contributed by atoms with Crippen LogP contribution in [-0.2, 0) is 4.79 Å². The fourth-order valence-electron chi connectivity index (χ4n) is 3.00. The fraction of sp³-hybridized carbons (Fsp3) is 0.444. The maximum absolute atomic E-state index is 12.3. The smallest absolute Gasteiger partial charge is 0.272 e. The lowest BCUT2D eigenvalue weighted by molar-refractivity contribution is -0.385. The molecule has 0 aromatic heterocycles. The summed E-state index contributed by atoms with van der Waals surface area (Å²) in [6.07, 6.45) is 5.63. The number of nitriles is 1. The summed E-state index contributed by atoms with van der Waals surface area (Å²) in [4.78, 5) is 22.9. The summed E-state index contributed by atoms with van der Waals surface area (Å²) in [5, 5.41) is 23.2. The predicted molar refractivity (Wildman–Crippen MR) is 91.0 cm³/mol. The van der Waals surface area contributed by atoms with Crippen molar-refractivity contribution in [1.29, 1.82) is 5.26 Å². The number of nitro groups is 1. The van der Waals surface area contributed by atoms with E-state index in [1.165, 1.54) is 18.6 Å². The van der Waals surface area contributed by atoms with E-state index in [1.807, 2.05) is 6.07 Å². The van der Waals surface area contributed by atoms with Gasteiger partial charge in [0.25, 0.3) is 11.6 Å². The number of nitro benzene ring substituents is 1. The monoisotopic (exact) mass is 327 g/mol. The Hall–Kier alpha value is -2.68. The molecular weight excluding hydrogens is 306 g/mol. The fourth-order valence-corrected chi connectivity index (χ4v) is 3.00. The van der Waals surface area contributed by atoms with Crippen LogP contribution in [0.15, 0.2) is 23.8 Å². The zero-order valence-electron chi connectivity index (χ0n) is 13.9. The summed E-state index contributed by atoms with van der Waals surface area (Å²) in [5.41, 5.74) is 0.945. The predicted octanol–water partition coefficient (Wildman–Crippen LogP) is 3.51. The van der Waals surface area contributed by atoms with Gasteiger partial charge in [-0.25, -0.2) is 0 Å². The molecule has 1 saturated carbocycles. The Labute approximate surface area is 141 Å². The Balaban J connectivity index is 2.19. The third-order valence-corrected chi connectivity index (χ3v) is 4.53. The first-order chi connectivity index (χ1) is 11.4. The van der Waals surface area contributed by atoms with Gasteiger partial charge >= 0.3 is 0 Å². The van der Waals surface area contributed by atoms with Crippen LogP contribution >= 0.6 is 0 Å². The van der Waals surface area contributed by atoms with Gasteiger partial charge in [-0.05, 0) is 37.3 Å². The van der Waals surface area contributed by atoms with E-state index in [0.29, 0.717) is 17.0 Å². The summed E-state index contributed by atoms with van der Waals surface area (Å²) in [5.74, 6) is -0.0254. The molecule has 24 heavy (non-hydrogen) atoms.